The minimum atomic E-state index is -3.82. The summed E-state index contributed by atoms with van der Waals surface area (Å²) in [6, 6.07) is 16.7. The third-order valence-electron chi connectivity index (χ3n) is 6.82. The molecule has 0 aliphatic carbocycles. The monoisotopic (exact) mass is 606 g/mol. The van der Waals surface area contributed by atoms with E-state index < -0.39 is 39.7 Å². The first kappa shape index (κ1) is 29.8. The van der Waals surface area contributed by atoms with Crippen LogP contribution in [0.4, 0.5) is 10.1 Å². The number of benzene rings is 3. The van der Waals surface area contributed by atoms with E-state index in [1.165, 1.54) is 16.4 Å². The van der Waals surface area contributed by atoms with Crippen LogP contribution in [0.5, 0.6) is 0 Å². The van der Waals surface area contributed by atoms with E-state index in [-0.39, 0.29) is 23.7 Å². The van der Waals surface area contributed by atoms with Crippen molar-refractivity contribution < 1.29 is 22.4 Å². The first-order chi connectivity index (χ1) is 18.9. The number of carbonyl (C=O) groups excluding carboxylic acids is 2. The molecule has 1 saturated heterocycles. The van der Waals surface area contributed by atoms with Gasteiger partial charge in [-0.25, -0.2) is 12.8 Å². The second kappa shape index (κ2) is 12.1. The quantitative estimate of drug-likeness (QED) is 0.356. The SMILES string of the molecule is CCC(NC(=O)c1cc(N(C2CN(C(c3ccc(Cl)cc3)c3ccc(Cl)cc3)C2)S(C)(=O)=O)ccc1F)C(N)=O. The summed E-state index contributed by atoms with van der Waals surface area (Å²) in [7, 11) is -3.82. The molecule has 1 unspecified atom stereocenters. The molecule has 3 N–H and O–H groups in total. The van der Waals surface area contributed by atoms with Gasteiger partial charge in [0.2, 0.25) is 15.9 Å². The van der Waals surface area contributed by atoms with Gasteiger partial charge in [-0.15, -0.1) is 0 Å². The number of halogens is 3. The van der Waals surface area contributed by atoms with Crippen molar-refractivity contribution in [1.29, 1.82) is 0 Å². The van der Waals surface area contributed by atoms with Crippen LogP contribution in [0.3, 0.4) is 0 Å². The molecule has 1 aliphatic heterocycles. The molecule has 212 valence electrons. The van der Waals surface area contributed by atoms with Crippen LogP contribution in [0.2, 0.25) is 10.0 Å². The Kier molecular flexibility index (Phi) is 9.04. The van der Waals surface area contributed by atoms with Crippen molar-refractivity contribution in [2.75, 3.05) is 23.7 Å². The second-order valence-corrected chi connectivity index (χ2v) is 12.4. The molecule has 8 nitrogen and oxygen atoms in total. The van der Waals surface area contributed by atoms with Gasteiger partial charge in [-0.1, -0.05) is 54.4 Å². The van der Waals surface area contributed by atoms with Gasteiger partial charge in [-0.3, -0.25) is 18.8 Å². The number of carbonyl (C=O) groups is 2. The van der Waals surface area contributed by atoms with E-state index in [2.05, 4.69) is 10.2 Å². The zero-order chi connectivity index (χ0) is 29.2. The highest BCUT2D eigenvalue weighted by Crippen LogP contribution is 2.37. The molecule has 1 atom stereocenters. The number of nitrogens with zero attached hydrogens (tertiary/aromatic N) is 2. The topological polar surface area (TPSA) is 113 Å². The summed E-state index contributed by atoms with van der Waals surface area (Å²) < 4.78 is 41.8. The lowest BCUT2D eigenvalue weighted by molar-refractivity contribution is -0.119. The Hall–Kier alpha value is -3.18. The minimum Gasteiger partial charge on any atom is -0.368 e. The number of sulfonamides is 1. The highest BCUT2D eigenvalue weighted by molar-refractivity contribution is 7.92. The average Bonchev–Trinajstić information content (AvgIpc) is 2.87. The maximum atomic E-state index is 14.7. The van der Waals surface area contributed by atoms with Gasteiger partial charge >= 0.3 is 0 Å². The number of likely N-dealkylation sites (tertiary alicyclic amines) is 1. The Labute approximate surface area is 242 Å². The van der Waals surface area contributed by atoms with Crippen molar-refractivity contribution in [2.24, 2.45) is 5.73 Å². The van der Waals surface area contributed by atoms with E-state index in [0.717, 1.165) is 23.4 Å². The Balaban J connectivity index is 1.62. The minimum absolute atomic E-state index is 0.139. The van der Waals surface area contributed by atoms with Crippen LogP contribution < -0.4 is 15.4 Å². The molecule has 0 radical (unpaired) electrons. The van der Waals surface area contributed by atoms with Crippen LogP contribution >= 0.6 is 23.2 Å². The largest absolute Gasteiger partial charge is 0.368 e. The molecule has 3 aromatic carbocycles. The van der Waals surface area contributed by atoms with Gasteiger partial charge in [0.15, 0.2) is 0 Å². The number of hydrogen-bond acceptors (Lipinski definition) is 5. The maximum Gasteiger partial charge on any atom is 0.254 e. The zero-order valence-corrected chi connectivity index (χ0v) is 24.2. The normalized spacial score (nSPS) is 14.9. The predicted octanol–water partition coefficient (Wildman–Crippen LogP) is 4.37. The van der Waals surface area contributed by atoms with Gasteiger partial charge in [0.05, 0.1) is 29.6 Å². The number of rotatable bonds is 10. The molecule has 1 fully saturated rings. The summed E-state index contributed by atoms with van der Waals surface area (Å²) in [5, 5.41) is 3.60. The third-order valence-corrected chi connectivity index (χ3v) is 8.55. The molecule has 1 heterocycles. The Morgan fingerprint density at radius 3 is 2.00 bits per heavy atom. The number of primary amides is 1. The second-order valence-electron chi connectivity index (χ2n) is 9.67. The molecule has 3 aromatic rings. The smallest absolute Gasteiger partial charge is 0.254 e. The highest BCUT2D eigenvalue weighted by atomic mass is 35.5. The molecule has 0 bridgehead atoms. The summed E-state index contributed by atoms with van der Waals surface area (Å²) in [4.78, 5) is 26.4. The molecule has 12 heteroatoms. The standard InChI is InChI=1S/C28H29Cl2FN4O4S/c1-3-25(27(32)36)33-28(37)23-14-21(12-13-24(23)31)35(40(2,38)39)22-15-34(16-22)26(17-4-8-19(29)9-5-17)18-6-10-20(30)11-7-18/h4-14,22,25-26H,3,15-16H2,1-2H3,(H2,32,36)(H,33,37). The van der Waals surface area contributed by atoms with Crippen LogP contribution in [0.25, 0.3) is 0 Å². The average molecular weight is 608 g/mol. The van der Waals surface area contributed by atoms with Crippen LogP contribution in [0.1, 0.15) is 40.9 Å². The lowest BCUT2D eigenvalue weighted by Crippen LogP contribution is -2.61. The number of hydrogen-bond donors (Lipinski definition) is 2. The molecular weight excluding hydrogens is 578 g/mol. The van der Waals surface area contributed by atoms with Crippen molar-refractivity contribution in [3.63, 3.8) is 0 Å². The van der Waals surface area contributed by atoms with E-state index in [4.69, 9.17) is 28.9 Å². The summed E-state index contributed by atoms with van der Waals surface area (Å²) in [5.74, 6) is -2.47. The highest BCUT2D eigenvalue weighted by Gasteiger charge is 2.41. The Bertz CT molecular complexity index is 1450. The summed E-state index contributed by atoms with van der Waals surface area (Å²) in [5.41, 5.74) is 6.99. The van der Waals surface area contributed by atoms with E-state index in [1.807, 2.05) is 24.3 Å². The Morgan fingerprint density at radius 1 is 1.02 bits per heavy atom. The summed E-state index contributed by atoms with van der Waals surface area (Å²) in [6.45, 7) is 2.38. The fourth-order valence-corrected chi connectivity index (χ4v) is 6.28. The van der Waals surface area contributed by atoms with E-state index in [9.17, 15) is 22.4 Å². The maximum absolute atomic E-state index is 14.7. The van der Waals surface area contributed by atoms with Gasteiger partial charge in [-0.05, 0) is 60.0 Å². The van der Waals surface area contributed by atoms with Crippen molar-refractivity contribution in [3.8, 4) is 0 Å². The number of nitrogens with one attached hydrogen (secondary N) is 1. The van der Waals surface area contributed by atoms with E-state index >= 15 is 0 Å². The van der Waals surface area contributed by atoms with Crippen LogP contribution in [-0.4, -0.2) is 56.6 Å². The zero-order valence-electron chi connectivity index (χ0n) is 21.9. The first-order valence-corrected chi connectivity index (χ1v) is 15.1. The summed E-state index contributed by atoms with van der Waals surface area (Å²) >= 11 is 12.2. The van der Waals surface area contributed by atoms with E-state index in [0.29, 0.717) is 23.1 Å². The molecular formula is C28H29Cl2FN4O4S. The molecule has 2 amide bonds. The van der Waals surface area contributed by atoms with Crippen molar-refractivity contribution in [2.45, 2.75) is 31.5 Å². The van der Waals surface area contributed by atoms with Crippen molar-refractivity contribution in [1.82, 2.24) is 10.2 Å². The lowest BCUT2D eigenvalue weighted by atomic mass is 9.93. The number of nitrogens with two attached hydrogens (primary N) is 1. The molecule has 40 heavy (non-hydrogen) atoms. The third kappa shape index (κ3) is 6.58. The summed E-state index contributed by atoms with van der Waals surface area (Å²) in [6.07, 6.45) is 1.28. The molecule has 4 rings (SSSR count). The van der Waals surface area contributed by atoms with Gasteiger partial charge in [0, 0.05) is 23.1 Å². The van der Waals surface area contributed by atoms with Crippen LogP contribution in [-0.2, 0) is 14.8 Å². The Morgan fingerprint density at radius 2 is 1.55 bits per heavy atom. The molecule has 0 spiro atoms. The van der Waals surface area contributed by atoms with Crippen molar-refractivity contribution in [3.05, 3.63) is 99.3 Å². The first-order valence-electron chi connectivity index (χ1n) is 12.5. The van der Waals surface area contributed by atoms with Gasteiger partial charge in [-0.2, -0.15) is 0 Å². The van der Waals surface area contributed by atoms with Gasteiger partial charge < -0.3 is 11.1 Å². The molecule has 1 aliphatic rings. The molecule has 0 aromatic heterocycles. The fraction of sp³-hybridized carbons (Fsp3) is 0.286. The van der Waals surface area contributed by atoms with Gasteiger partial charge in [0.25, 0.3) is 5.91 Å². The molecule has 0 saturated carbocycles. The number of amides is 2. The van der Waals surface area contributed by atoms with Crippen molar-refractivity contribution >= 4 is 50.7 Å². The van der Waals surface area contributed by atoms with E-state index in [1.54, 1.807) is 31.2 Å². The van der Waals surface area contributed by atoms with Crippen LogP contribution in [0, 0.1) is 5.82 Å². The number of anilines is 1. The van der Waals surface area contributed by atoms with Crippen LogP contribution in [0.15, 0.2) is 66.7 Å². The predicted molar refractivity (Wildman–Crippen MR) is 155 cm³/mol. The lowest BCUT2D eigenvalue weighted by Gasteiger charge is -2.48. The fourth-order valence-electron chi connectivity index (χ4n) is 4.86. The van der Waals surface area contributed by atoms with Gasteiger partial charge in [0.1, 0.15) is 11.9 Å².